The lowest BCUT2D eigenvalue weighted by Gasteiger charge is -2.07. The van der Waals surface area contributed by atoms with Gasteiger partial charge >= 0.3 is 0 Å². The number of imidazole rings is 1. The van der Waals surface area contributed by atoms with Crippen molar-refractivity contribution >= 4 is 0 Å². The number of nitrogens with zero attached hydrogens (tertiary/aromatic N) is 2. The molecule has 1 N–H and O–H groups in total. The second kappa shape index (κ2) is 5.50. The van der Waals surface area contributed by atoms with Crippen molar-refractivity contribution in [3.63, 3.8) is 0 Å². The minimum Gasteiger partial charge on any atom is -0.486 e. The molecule has 0 saturated heterocycles. The molecule has 1 heterocycles. The fraction of sp³-hybridized carbons (Fsp3) is 0.308. The van der Waals surface area contributed by atoms with Crippen LogP contribution in [0.25, 0.3) is 0 Å². The molecule has 4 nitrogen and oxygen atoms in total. The van der Waals surface area contributed by atoms with Crippen molar-refractivity contribution < 1.29 is 9.84 Å². The Morgan fingerprint density at radius 3 is 2.71 bits per heavy atom. The summed E-state index contributed by atoms with van der Waals surface area (Å²) in [5.41, 5.74) is 0.882. The number of aliphatic hydroxyl groups excluding tert-OH is 1. The van der Waals surface area contributed by atoms with Crippen LogP contribution in [0.2, 0.25) is 0 Å². The van der Waals surface area contributed by atoms with E-state index < -0.39 is 0 Å². The SMILES string of the molecule is CCn1ccnc1COc1ccc(CO)cc1. The van der Waals surface area contributed by atoms with E-state index in [1.807, 2.05) is 35.0 Å². The summed E-state index contributed by atoms with van der Waals surface area (Å²) in [4.78, 5) is 4.23. The molecular formula is C13H16N2O2. The molecule has 1 aromatic carbocycles. The first kappa shape index (κ1) is 11.7. The third-order valence-electron chi connectivity index (χ3n) is 2.62. The number of rotatable bonds is 5. The highest BCUT2D eigenvalue weighted by Gasteiger charge is 2.02. The van der Waals surface area contributed by atoms with Gasteiger partial charge in [0.05, 0.1) is 6.61 Å². The average molecular weight is 232 g/mol. The highest BCUT2D eigenvalue weighted by Crippen LogP contribution is 2.13. The predicted octanol–water partition coefficient (Wildman–Crippen LogP) is 1.97. The zero-order chi connectivity index (χ0) is 12.1. The van der Waals surface area contributed by atoms with Crippen LogP contribution in [-0.4, -0.2) is 14.7 Å². The Hall–Kier alpha value is -1.81. The van der Waals surface area contributed by atoms with E-state index in [9.17, 15) is 0 Å². The van der Waals surface area contributed by atoms with Gasteiger partial charge in [0, 0.05) is 18.9 Å². The van der Waals surface area contributed by atoms with Crippen LogP contribution in [0.1, 0.15) is 18.3 Å². The van der Waals surface area contributed by atoms with Crippen LogP contribution in [0.4, 0.5) is 0 Å². The van der Waals surface area contributed by atoms with Gasteiger partial charge in [0.25, 0.3) is 0 Å². The first-order valence-corrected chi connectivity index (χ1v) is 5.66. The van der Waals surface area contributed by atoms with Crippen molar-refractivity contribution in [2.24, 2.45) is 0 Å². The van der Waals surface area contributed by atoms with E-state index in [1.165, 1.54) is 0 Å². The maximum Gasteiger partial charge on any atom is 0.146 e. The molecule has 0 fully saturated rings. The average Bonchev–Trinajstić information content (AvgIpc) is 2.84. The van der Waals surface area contributed by atoms with Crippen LogP contribution in [0.3, 0.4) is 0 Å². The number of aromatic nitrogens is 2. The summed E-state index contributed by atoms with van der Waals surface area (Å²) in [5, 5.41) is 8.92. The summed E-state index contributed by atoms with van der Waals surface area (Å²) in [6, 6.07) is 7.40. The van der Waals surface area contributed by atoms with Crippen molar-refractivity contribution in [3.05, 3.63) is 48.0 Å². The normalized spacial score (nSPS) is 10.5. The molecule has 0 amide bonds. The van der Waals surface area contributed by atoms with Gasteiger partial charge in [-0.05, 0) is 24.6 Å². The molecule has 17 heavy (non-hydrogen) atoms. The molecule has 0 aliphatic rings. The van der Waals surface area contributed by atoms with Crippen LogP contribution in [-0.2, 0) is 19.8 Å². The second-order valence-electron chi connectivity index (χ2n) is 3.72. The third kappa shape index (κ3) is 2.85. The number of ether oxygens (including phenoxy) is 1. The third-order valence-corrected chi connectivity index (χ3v) is 2.62. The zero-order valence-corrected chi connectivity index (χ0v) is 9.84. The molecular weight excluding hydrogens is 216 g/mol. The van der Waals surface area contributed by atoms with Crippen LogP contribution < -0.4 is 4.74 Å². The van der Waals surface area contributed by atoms with Crippen molar-refractivity contribution in [3.8, 4) is 5.75 Å². The molecule has 0 spiro atoms. The number of benzene rings is 1. The van der Waals surface area contributed by atoms with E-state index in [-0.39, 0.29) is 6.61 Å². The van der Waals surface area contributed by atoms with Crippen molar-refractivity contribution in [2.75, 3.05) is 0 Å². The van der Waals surface area contributed by atoms with E-state index in [2.05, 4.69) is 11.9 Å². The predicted molar refractivity (Wildman–Crippen MR) is 64.6 cm³/mol. The first-order chi connectivity index (χ1) is 8.33. The van der Waals surface area contributed by atoms with Gasteiger partial charge in [0.15, 0.2) is 0 Å². The molecule has 0 aliphatic heterocycles. The molecule has 1 aromatic heterocycles. The van der Waals surface area contributed by atoms with Gasteiger partial charge in [-0.3, -0.25) is 0 Å². The number of hydrogen-bond acceptors (Lipinski definition) is 3. The maximum atomic E-state index is 8.92. The minimum atomic E-state index is 0.0561. The standard InChI is InChI=1S/C13H16N2O2/c1-2-15-8-7-14-13(15)10-17-12-5-3-11(9-16)4-6-12/h3-8,16H,2,9-10H2,1H3. The van der Waals surface area contributed by atoms with E-state index in [0.717, 1.165) is 23.7 Å². The van der Waals surface area contributed by atoms with E-state index in [1.54, 1.807) is 6.20 Å². The van der Waals surface area contributed by atoms with E-state index >= 15 is 0 Å². The largest absolute Gasteiger partial charge is 0.486 e. The van der Waals surface area contributed by atoms with Crippen LogP contribution in [0, 0.1) is 0 Å². The lowest BCUT2D eigenvalue weighted by atomic mass is 10.2. The van der Waals surface area contributed by atoms with Crippen molar-refractivity contribution in [2.45, 2.75) is 26.7 Å². The Morgan fingerprint density at radius 2 is 2.06 bits per heavy atom. The van der Waals surface area contributed by atoms with Gasteiger partial charge in [-0.25, -0.2) is 4.98 Å². The lowest BCUT2D eigenvalue weighted by molar-refractivity contribution is 0.279. The quantitative estimate of drug-likeness (QED) is 0.857. The monoisotopic (exact) mass is 232 g/mol. The Labute approximate surface area is 100 Å². The van der Waals surface area contributed by atoms with Crippen molar-refractivity contribution in [1.82, 2.24) is 9.55 Å². The summed E-state index contributed by atoms with van der Waals surface area (Å²) in [7, 11) is 0. The molecule has 0 saturated carbocycles. The smallest absolute Gasteiger partial charge is 0.146 e. The number of aliphatic hydroxyl groups is 1. The summed E-state index contributed by atoms with van der Waals surface area (Å²) >= 11 is 0. The first-order valence-electron chi connectivity index (χ1n) is 5.66. The topological polar surface area (TPSA) is 47.3 Å². The van der Waals surface area contributed by atoms with Crippen molar-refractivity contribution in [1.29, 1.82) is 0 Å². The van der Waals surface area contributed by atoms with Gasteiger partial charge in [0.2, 0.25) is 0 Å². The zero-order valence-electron chi connectivity index (χ0n) is 9.84. The highest BCUT2D eigenvalue weighted by atomic mass is 16.5. The Morgan fingerprint density at radius 1 is 1.29 bits per heavy atom. The molecule has 2 rings (SSSR count). The summed E-state index contributed by atoms with van der Waals surface area (Å²) < 4.78 is 7.67. The summed E-state index contributed by atoms with van der Waals surface area (Å²) in [6.45, 7) is 3.48. The van der Waals surface area contributed by atoms with Gasteiger partial charge < -0.3 is 14.4 Å². The minimum absolute atomic E-state index is 0.0561. The molecule has 4 heteroatoms. The van der Waals surface area contributed by atoms with Gasteiger partial charge in [0.1, 0.15) is 18.2 Å². The van der Waals surface area contributed by atoms with Crippen LogP contribution in [0.15, 0.2) is 36.7 Å². The fourth-order valence-electron chi connectivity index (χ4n) is 1.61. The Kier molecular flexibility index (Phi) is 3.77. The second-order valence-corrected chi connectivity index (χ2v) is 3.72. The highest BCUT2D eigenvalue weighted by molar-refractivity contribution is 5.26. The lowest BCUT2D eigenvalue weighted by Crippen LogP contribution is -2.05. The Balaban J connectivity index is 1.97. The Bertz CT molecular complexity index is 463. The molecule has 2 aromatic rings. The molecule has 0 atom stereocenters. The molecule has 90 valence electrons. The fourth-order valence-corrected chi connectivity index (χ4v) is 1.61. The van der Waals surface area contributed by atoms with Crippen LogP contribution >= 0.6 is 0 Å². The van der Waals surface area contributed by atoms with Gasteiger partial charge in [-0.15, -0.1) is 0 Å². The van der Waals surface area contributed by atoms with E-state index in [0.29, 0.717) is 6.61 Å². The molecule has 0 unspecified atom stereocenters. The molecule has 0 aliphatic carbocycles. The molecule has 0 radical (unpaired) electrons. The summed E-state index contributed by atoms with van der Waals surface area (Å²) in [6.07, 6.45) is 3.71. The number of hydrogen-bond donors (Lipinski definition) is 1. The molecule has 0 bridgehead atoms. The van der Waals surface area contributed by atoms with E-state index in [4.69, 9.17) is 9.84 Å². The summed E-state index contributed by atoms with van der Waals surface area (Å²) in [5.74, 6) is 1.70. The van der Waals surface area contributed by atoms with Crippen LogP contribution in [0.5, 0.6) is 5.75 Å². The van der Waals surface area contributed by atoms with Gasteiger partial charge in [-0.1, -0.05) is 12.1 Å². The maximum absolute atomic E-state index is 8.92. The number of aryl methyl sites for hydroxylation is 1. The van der Waals surface area contributed by atoms with Gasteiger partial charge in [-0.2, -0.15) is 0 Å².